The first-order valence-electron chi connectivity index (χ1n) is 8.93. The first-order valence-corrected chi connectivity index (χ1v) is 13.0. The van der Waals surface area contributed by atoms with E-state index >= 15 is 0 Å². The van der Waals surface area contributed by atoms with Crippen molar-refractivity contribution in [1.29, 1.82) is 0 Å². The lowest BCUT2D eigenvalue weighted by Crippen LogP contribution is -2.57. The van der Waals surface area contributed by atoms with Gasteiger partial charge in [-0.2, -0.15) is 8.61 Å². The lowest BCUT2D eigenvalue weighted by atomic mass is 10.0. The highest BCUT2D eigenvalue weighted by molar-refractivity contribution is 7.91. The Kier molecular flexibility index (Phi) is 5.97. The number of hydrogen-bond acceptors (Lipinski definition) is 6. The molecule has 8 nitrogen and oxygen atoms in total. The van der Waals surface area contributed by atoms with Crippen LogP contribution >= 0.6 is 11.3 Å². The van der Waals surface area contributed by atoms with Gasteiger partial charge in [0, 0.05) is 37.6 Å². The van der Waals surface area contributed by atoms with E-state index in [1.807, 2.05) is 6.92 Å². The molecule has 0 bridgehead atoms. The van der Waals surface area contributed by atoms with Crippen molar-refractivity contribution in [3.05, 3.63) is 17.0 Å². The fourth-order valence-electron chi connectivity index (χ4n) is 3.59. The van der Waals surface area contributed by atoms with Crippen LogP contribution < -0.4 is 0 Å². The fraction of sp³-hybridized carbons (Fsp3) is 0.688. The minimum atomic E-state index is -3.54. The Morgan fingerprint density at radius 2 is 1.70 bits per heavy atom. The van der Waals surface area contributed by atoms with Crippen LogP contribution in [0, 0.1) is 6.92 Å². The van der Waals surface area contributed by atoms with Crippen molar-refractivity contribution in [2.45, 2.75) is 36.4 Å². The van der Waals surface area contributed by atoms with Crippen molar-refractivity contribution < 1.29 is 21.6 Å². The van der Waals surface area contributed by atoms with E-state index in [1.54, 1.807) is 17.0 Å². The van der Waals surface area contributed by atoms with Crippen LogP contribution in [0.25, 0.3) is 0 Å². The number of sulfonamides is 2. The third-order valence-corrected chi connectivity index (χ3v) is 9.68. The summed E-state index contributed by atoms with van der Waals surface area (Å²) in [7, 11) is -6.99. The maximum absolute atomic E-state index is 12.9. The second-order valence-corrected chi connectivity index (χ2v) is 12.4. The van der Waals surface area contributed by atoms with Gasteiger partial charge in [-0.1, -0.05) is 6.42 Å². The molecule has 0 N–H and O–H groups in total. The molecule has 1 aromatic rings. The Labute approximate surface area is 164 Å². The summed E-state index contributed by atoms with van der Waals surface area (Å²) in [5, 5.41) is 0. The van der Waals surface area contributed by atoms with Gasteiger partial charge in [-0.25, -0.2) is 16.8 Å². The quantitative estimate of drug-likeness (QED) is 0.694. The highest BCUT2D eigenvalue weighted by atomic mass is 32.2. The first kappa shape index (κ1) is 20.7. The summed E-state index contributed by atoms with van der Waals surface area (Å²) in [5.41, 5.74) is 0. The third-order valence-electron chi connectivity index (χ3n) is 5.02. The lowest BCUT2D eigenvalue weighted by Gasteiger charge is -2.39. The van der Waals surface area contributed by atoms with Crippen LogP contribution in [0.15, 0.2) is 16.3 Å². The maximum Gasteiger partial charge on any atom is 0.252 e. The smallest absolute Gasteiger partial charge is 0.252 e. The zero-order valence-electron chi connectivity index (χ0n) is 15.5. The molecule has 1 amide bonds. The van der Waals surface area contributed by atoms with Gasteiger partial charge < -0.3 is 4.90 Å². The predicted molar refractivity (Wildman–Crippen MR) is 104 cm³/mol. The molecule has 2 aliphatic heterocycles. The largest absolute Gasteiger partial charge is 0.339 e. The Hall–Kier alpha value is -1.01. The molecule has 1 atom stereocenters. The average Bonchev–Trinajstić information content (AvgIpc) is 3.08. The van der Waals surface area contributed by atoms with Gasteiger partial charge in [-0.15, -0.1) is 11.3 Å². The summed E-state index contributed by atoms with van der Waals surface area (Å²) in [6.45, 7) is 3.21. The van der Waals surface area contributed by atoms with Gasteiger partial charge in [0.2, 0.25) is 15.9 Å². The summed E-state index contributed by atoms with van der Waals surface area (Å²) in [4.78, 5) is 15.4. The van der Waals surface area contributed by atoms with Crippen molar-refractivity contribution in [3.63, 3.8) is 0 Å². The lowest BCUT2D eigenvalue weighted by molar-refractivity contribution is -0.137. The maximum atomic E-state index is 12.9. The van der Waals surface area contributed by atoms with Gasteiger partial charge in [0.15, 0.2) is 0 Å². The number of thiophene rings is 1. The monoisotopic (exact) mass is 435 g/mol. The number of carbonyl (C=O) groups excluding carboxylic acids is 1. The van der Waals surface area contributed by atoms with Gasteiger partial charge in [0.05, 0.1) is 6.26 Å². The van der Waals surface area contributed by atoms with Crippen molar-refractivity contribution in [1.82, 2.24) is 13.5 Å². The summed E-state index contributed by atoms with van der Waals surface area (Å²) in [5.74, 6) is -0.218. The van der Waals surface area contributed by atoms with Crippen LogP contribution in [0.5, 0.6) is 0 Å². The predicted octanol–water partition coefficient (Wildman–Crippen LogP) is 0.704. The number of piperazine rings is 1. The minimum absolute atomic E-state index is 0.218. The number of carbonyl (C=O) groups is 1. The molecule has 1 aromatic heterocycles. The first-order chi connectivity index (χ1) is 12.6. The topological polar surface area (TPSA) is 95.1 Å². The van der Waals surface area contributed by atoms with E-state index in [4.69, 9.17) is 0 Å². The van der Waals surface area contributed by atoms with Crippen LogP contribution in [-0.2, 0) is 24.8 Å². The van der Waals surface area contributed by atoms with E-state index in [0.29, 0.717) is 17.2 Å². The van der Waals surface area contributed by atoms with Crippen LogP contribution in [0.3, 0.4) is 0 Å². The number of piperidine rings is 1. The zero-order chi connectivity index (χ0) is 19.8. The molecular formula is C16H25N3O5S3. The molecule has 11 heteroatoms. The molecule has 3 heterocycles. The van der Waals surface area contributed by atoms with E-state index < -0.39 is 26.1 Å². The van der Waals surface area contributed by atoms with Gasteiger partial charge in [0.1, 0.15) is 10.3 Å². The van der Waals surface area contributed by atoms with E-state index in [-0.39, 0.29) is 32.1 Å². The molecule has 0 aromatic carbocycles. The second kappa shape index (κ2) is 7.78. The Morgan fingerprint density at radius 3 is 2.26 bits per heavy atom. The Bertz CT molecular complexity index is 901. The van der Waals surface area contributed by atoms with E-state index in [1.165, 1.54) is 19.9 Å². The highest BCUT2D eigenvalue weighted by Gasteiger charge is 2.39. The molecule has 3 rings (SSSR count). The molecule has 2 saturated heterocycles. The number of aryl methyl sites for hydroxylation is 1. The molecule has 0 unspecified atom stereocenters. The average molecular weight is 436 g/mol. The number of rotatable bonds is 4. The summed E-state index contributed by atoms with van der Waals surface area (Å²) >= 11 is 1.24. The summed E-state index contributed by atoms with van der Waals surface area (Å²) in [6.07, 6.45) is 3.21. The number of amides is 1. The van der Waals surface area contributed by atoms with Crippen LogP contribution in [-0.4, -0.2) is 81.3 Å². The van der Waals surface area contributed by atoms with Gasteiger partial charge in [-0.05, 0) is 31.9 Å². The van der Waals surface area contributed by atoms with E-state index in [0.717, 1.165) is 24.0 Å². The summed E-state index contributed by atoms with van der Waals surface area (Å²) in [6, 6.07) is 2.72. The number of nitrogens with zero attached hydrogens (tertiary/aromatic N) is 3. The standard InChI is InChI=1S/C16H25N3O5S3/c1-13-6-7-15(25-13)27(23,24)18-11-9-17(10-12-18)16(20)14-5-3-4-8-19(14)26(2,21)22/h6-7,14H,3-5,8-12H2,1-2H3/t14-/m1/s1. The van der Waals surface area contributed by atoms with Crippen molar-refractivity contribution in [3.8, 4) is 0 Å². The third kappa shape index (κ3) is 4.37. The summed E-state index contributed by atoms with van der Waals surface area (Å²) < 4.78 is 52.4. The SMILES string of the molecule is Cc1ccc(S(=O)(=O)N2CCN(C(=O)[C@H]3CCCCN3S(C)(=O)=O)CC2)s1. The van der Waals surface area contributed by atoms with Crippen molar-refractivity contribution >= 4 is 37.3 Å². The van der Waals surface area contributed by atoms with Crippen LogP contribution in [0.4, 0.5) is 0 Å². The molecule has 152 valence electrons. The van der Waals surface area contributed by atoms with Crippen molar-refractivity contribution in [2.24, 2.45) is 0 Å². The highest BCUT2D eigenvalue weighted by Crippen LogP contribution is 2.26. The normalized spacial score (nSPS) is 23.5. The van der Waals surface area contributed by atoms with E-state index in [9.17, 15) is 21.6 Å². The zero-order valence-corrected chi connectivity index (χ0v) is 17.9. The molecule has 2 aliphatic rings. The molecule has 0 aliphatic carbocycles. The van der Waals surface area contributed by atoms with Gasteiger partial charge in [-0.3, -0.25) is 4.79 Å². The molecule has 0 radical (unpaired) electrons. The molecule has 0 spiro atoms. The van der Waals surface area contributed by atoms with E-state index in [2.05, 4.69) is 0 Å². The van der Waals surface area contributed by atoms with Gasteiger partial charge >= 0.3 is 0 Å². The molecule has 27 heavy (non-hydrogen) atoms. The van der Waals surface area contributed by atoms with Crippen LogP contribution in [0.1, 0.15) is 24.1 Å². The molecule has 2 fully saturated rings. The second-order valence-electron chi connectivity index (χ2n) is 6.98. The van der Waals surface area contributed by atoms with Crippen molar-refractivity contribution in [2.75, 3.05) is 39.0 Å². The van der Waals surface area contributed by atoms with Gasteiger partial charge in [0.25, 0.3) is 10.0 Å². The Balaban J connectivity index is 1.67. The Morgan fingerprint density at radius 1 is 1.04 bits per heavy atom. The van der Waals surface area contributed by atoms with Crippen LogP contribution in [0.2, 0.25) is 0 Å². The minimum Gasteiger partial charge on any atom is -0.339 e. The molecule has 0 saturated carbocycles. The molecular weight excluding hydrogens is 410 g/mol. The number of hydrogen-bond donors (Lipinski definition) is 0. The fourth-order valence-corrected chi connectivity index (χ4v) is 7.56.